The first-order chi connectivity index (χ1) is 10.5. The molecule has 114 valence electrons. The normalized spacial score (nSPS) is 10.5. The van der Waals surface area contributed by atoms with Crippen LogP contribution in [0.3, 0.4) is 0 Å². The zero-order chi connectivity index (χ0) is 15.9. The molecule has 0 spiro atoms. The lowest BCUT2D eigenvalue weighted by Crippen LogP contribution is -2.23. The number of thiocarbonyl (C=S) groups is 1. The first kappa shape index (κ1) is 16.3. The first-order valence-electron chi connectivity index (χ1n) is 6.67. The van der Waals surface area contributed by atoms with E-state index in [4.69, 9.17) is 23.8 Å². The van der Waals surface area contributed by atoms with Crippen LogP contribution in [0, 0.1) is 0 Å². The third-order valence-corrected chi connectivity index (χ3v) is 3.30. The van der Waals surface area contributed by atoms with Crippen molar-refractivity contribution in [3.8, 4) is 0 Å². The molecule has 0 aliphatic rings. The highest BCUT2D eigenvalue weighted by molar-refractivity contribution is 7.80. The van der Waals surface area contributed by atoms with E-state index in [1.807, 2.05) is 55.4 Å². The Morgan fingerprint density at radius 1 is 1.18 bits per heavy atom. The number of hydrazone groups is 1. The van der Waals surface area contributed by atoms with Crippen LogP contribution in [0.4, 0.5) is 11.4 Å². The monoisotopic (exact) mass is 332 g/mol. The van der Waals surface area contributed by atoms with Gasteiger partial charge < -0.3 is 10.2 Å². The molecule has 4 nitrogen and oxygen atoms in total. The van der Waals surface area contributed by atoms with E-state index in [1.54, 1.807) is 18.3 Å². The Bertz CT molecular complexity index is 668. The molecule has 0 fully saturated rings. The van der Waals surface area contributed by atoms with Crippen LogP contribution < -0.4 is 15.6 Å². The maximum absolute atomic E-state index is 5.91. The number of rotatable bonds is 4. The quantitative estimate of drug-likeness (QED) is 0.508. The van der Waals surface area contributed by atoms with Gasteiger partial charge in [0, 0.05) is 30.5 Å². The molecule has 6 heteroatoms. The number of halogens is 1. The van der Waals surface area contributed by atoms with E-state index in [2.05, 4.69) is 15.8 Å². The molecule has 2 aromatic carbocycles. The van der Waals surface area contributed by atoms with Gasteiger partial charge >= 0.3 is 0 Å². The highest BCUT2D eigenvalue weighted by atomic mass is 35.5. The largest absolute Gasteiger partial charge is 0.378 e. The average Bonchev–Trinajstić information content (AvgIpc) is 2.47. The summed E-state index contributed by atoms with van der Waals surface area (Å²) in [4.78, 5) is 2.04. The molecule has 0 radical (unpaired) electrons. The van der Waals surface area contributed by atoms with Crippen molar-refractivity contribution in [3.05, 3.63) is 59.1 Å². The van der Waals surface area contributed by atoms with Gasteiger partial charge in [-0.1, -0.05) is 29.8 Å². The molecule has 2 N–H and O–H groups in total. The van der Waals surface area contributed by atoms with Crippen LogP contribution in [0.1, 0.15) is 5.56 Å². The van der Waals surface area contributed by atoms with Gasteiger partial charge in [-0.15, -0.1) is 0 Å². The van der Waals surface area contributed by atoms with Crippen LogP contribution >= 0.6 is 23.8 Å². The molecule has 0 saturated carbocycles. The van der Waals surface area contributed by atoms with Gasteiger partial charge in [0.05, 0.1) is 6.21 Å². The van der Waals surface area contributed by atoms with Crippen molar-refractivity contribution in [3.63, 3.8) is 0 Å². The van der Waals surface area contributed by atoms with Crippen molar-refractivity contribution in [2.75, 3.05) is 24.3 Å². The Labute approximate surface area is 140 Å². The number of hydrogen-bond acceptors (Lipinski definition) is 3. The van der Waals surface area contributed by atoms with E-state index in [0.29, 0.717) is 10.1 Å². The lowest BCUT2D eigenvalue weighted by Gasteiger charge is -2.11. The third-order valence-electron chi connectivity index (χ3n) is 2.87. The van der Waals surface area contributed by atoms with Crippen molar-refractivity contribution in [1.82, 2.24) is 5.43 Å². The van der Waals surface area contributed by atoms with Crippen molar-refractivity contribution < 1.29 is 0 Å². The summed E-state index contributed by atoms with van der Waals surface area (Å²) in [6.07, 6.45) is 1.71. The fourth-order valence-corrected chi connectivity index (χ4v) is 2.11. The average molecular weight is 333 g/mol. The zero-order valence-electron chi connectivity index (χ0n) is 12.4. The van der Waals surface area contributed by atoms with Crippen LogP contribution in [0.25, 0.3) is 0 Å². The molecular formula is C16H17ClN4S. The maximum Gasteiger partial charge on any atom is 0.191 e. The van der Waals surface area contributed by atoms with Gasteiger partial charge in [0.1, 0.15) is 0 Å². The second-order valence-electron chi connectivity index (χ2n) is 4.82. The predicted octanol–water partition coefficient (Wildman–Crippen LogP) is 3.73. The Kier molecular flexibility index (Phi) is 5.75. The summed E-state index contributed by atoms with van der Waals surface area (Å²) in [6.45, 7) is 0. The van der Waals surface area contributed by atoms with Gasteiger partial charge in [0.25, 0.3) is 0 Å². The van der Waals surface area contributed by atoms with E-state index in [9.17, 15) is 0 Å². The summed E-state index contributed by atoms with van der Waals surface area (Å²) < 4.78 is 0. The van der Waals surface area contributed by atoms with Crippen molar-refractivity contribution in [2.45, 2.75) is 0 Å². The topological polar surface area (TPSA) is 39.7 Å². The number of nitrogens with zero attached hydrogens (tertiary/aromatic N) is 2. The van der Waals surface area contributed by atoms with E-state index in [1.165, 1.54) is 0 Å². The zero-order valence-corrected chi connectivity index (χ0v) is 13.9. The molecule has 2 aromatic rings. The number of benzene rings is 2. The fraction of sp³-hybridized carbons (Fsp3) is 0.125. The van der Waals surface area contributed by atoms with Crippen LogP contribution in [0.5, 0.6) is 0 Å². The Morgan fingerprint density at radius 3 is 2.55 bits per heavy atom. The molecule has 0 bridgehead atoms. The highest BCUT2D eigenvalue weighted by Crippen LogP contribution is 2.14. The highest BCUT2D eigenvalue weighted by Gasteiger charge is 1.97. The summed E-state index contributed by atoms with van der Waals surface area (Å²) in [5.41, 5.74) is 5.72. The Hall–Kier alpha value is -2.11. The molecule has 0 unspecified atom stereocenters. The van der Waals surface area contributed by atoms with Crippen LogP contribution in [-0.4, -0.2) is 25.4 Å². The van der Waals surface area contributed by atoms with E-state index >= 15 is 0 Å². The molecule has 2 rings (SSSR count). The first-order valence-corrected chi connectivity index (χ1v) is 7.46. The summed E-state index contributed by atoms with van der Waals surface area (Å²) >= 11 is 11.1. The minimum Gasteiger partial charge on any atom is -0.378 e. The fourth-order valence-electron chi connectivity index (χ4n) is 1.75. The SMILES string of the molecule is CN(C)c1ccc(C=NNC(=S)Nc2cccc(Cl)c2)cc1. The van der Waals surface area contributed by atoms with E-state index < -0.39 is 0 Å². The van der Waals surface area contributed by atoms with Crippen molar-refractivity contribution in [1.29, 1.82) is 0 Å². The molecular weight excluding hydrogens is 316 g/mol. The molecule has 0 aliphatic carbocycles. The third kappa shape index (κ3) is 5.02. The van der Waals surface area contributed by atoms with Gasteiger partial charge in [-0.05, 0) is 48.1 Å². The Morgan fingerprint density at radius 2 is 1.91 bits per heavy atom. The maximum atomic E-state index is 5.91. The molecule has 0 saturated heterocycles. The Balaban J connectivity index is 1.87. The van der Waals surface area contributed by atoms with Crippen LogP contribution in [0.15, 0.2) is 53.6 Å². The van der Waals surface area contributed by atoms with Crippen LogP contribution in [-0.2, 0) is 0 Å². The lowest BCUT2D eigenvalue weighted by atomic mass is 10.2. The van der Waals surface area contributed by atoms with Gasteiger partial charge in [-0.3, -0.25) is 5.43 Å². The summed E-state index contributed by atoms with van der Waals surface area (Å²) in [7, 11) is 4.01. The van der Waals surface area contributed by atoms with Crippen molar-refractivity contribution in [2.24, 2.45) is 5.10 Å². The van der Waals surface area contributed by atoms with E-state index in [-0.39, 0.29) is 0 Å². The van der Waals surface area contributed by atoms with Crippen molar-refractivity contribution >= 4 is 46.5 Å². The second-order valence-corrected chi connectivity index (χ2v) is 5.67. The molecule has 0 heterocycles. The van der Waals surface area contributed by atoms with Gasteiger partial charge in [0.15, 0.2) is 5.11 Å². The second kappa shape index (κ2) is 7.77. The van der Waals surface area contributed by atoms with Gasteiger partial charge in [-0.2, -0.15) is 5.10 Å². The summed E-state index contributed by atoms with van der Waals surface area (Å²) in [5.74, 6) is 0. The van der Waals surface area contributed by atoms with Gasteiger partial charge in [0.2, 0.25) is 0 Å². The predicted molar refractivity (Wildman–Crippen MR) is 99.2 cm³/mol. The van der Waals surface area contributed by atoms with E-state index in [0.717, 1.165) is 16.9 Å². The minimum absolute atomic E-state index is 0.406. The smallest absolute Gasteiger partial charge is 0.191 e. The molecule has 0 amide bonds. The lowest BCUT2D eigenvalue weighted by molar-refractivity contribution is 1.05. The number of anilines is 2. The summed E-state index contributed by atoms with van der Waals surface area (Å²) in [6, 6.07) is 15.4. The summed E-state index contributed by atoms with van der Waals surface area (Å²) in [5, 5.41) is 8.17. The minimum atomic E-state index is 0.406. The van der Waals surface area contributed by atoms with Gasteiger partial charge in [-0.25, -0.2) is 0 Å². The molecule has 0 aromatic heterocycles. The number of hydrogen-bond donors (Lipinski definition) is 2. The van der Waals surface area contributed by atoms with Crippen LogP contribution in [0.2, 0.25) is 5.02 Å². The standard InChI is InChI=1S/C16H17ClN4S/c1-21(2)15-8-6-12(7-9-15)11-18-20-16(22)19-14-5-3-4-13(17)10-14/h3-11H,1-2H3,(H2,19,20,22). The number of nitrogens with one attached hydrogen (secondary N) is 2. The molecule has 22 heavy (non-hydrogen) atoms. The molecule has 0 aliphatic heterocycles. The molecule has 0 atom stereocenters.